The van der Waals surface area contributed by atoms with Crippen LogP contribution in [0, 0.1) is 0 Å². The third-order valence-corrected chi connectivity index (χ3v) is 3.82. The minimum Gasteiger partial charge on any atom is -0.396 e. The fourth-order valence-electron chi connectivity index (χ4n) is 2.81. The summed E-state index contributed by atoms with van der Waals surface area (Å²) in [6, 6.07) is 1.72. The van der Waals surface area contributed by atoms with Crippen LogP contribution in [-0.4, -0.2) is 57.9 Å². The molecule has 1 fully saturated rings. The van der Waals surface area contributed by atoms with Crippen LogP contribution in [0.15, 0.2) is 12.4 Å². The second-order valence-corrected chi connectivity index (χ2v) is 5.04. The smallest absolute Gasteiger partial charge is 0.243 e. The van der Waals surface area contributed by atoms with Crippen molar-refractivity contribution < 1.29 is 15.0 Å². The highest BCUT2D eigenvalue weighted by molar-refractivity contribution is 5.89. The molecule has 0 spiro atoms. The van der Waals surface area contributed by atoms with Gasteiger partial charge < -0.3 is 26.2 Å². The van der Waals surface area contributed by atoms with Gasteiger partial charge >= 0.3 is 0 Å². The summed E-state index contributed by atoms with van der Waals surface area (Å²) >= 11 is 0. The average Bonchev–Trinajstić information content (AvgIpc) is 2.91. The van der Waals surface area contributed by atoms with Gasteiger partial charge in [0, 0.05) is 32.2 Å². The predicted octanol–water partition coefficient (Wildman–Crippen LogP) is -0.912. The number of aliphatic hydroxyl groups is 2. The highest BCUT2D eigenvalue weighted by atomic mass is 16.3. The Bertz CT molecular complexity index is 498. The SMILES string of the molecule is NC(=O)C1(CCO)CCCN1c1cc(NCCO)ncn1. The van der Waals surface area contributed by atoms with Crippen LogP contribution in [-0.2, 0) is 4.79 Å². The number of nitrogens with one attached hydrogen (secondary N) is 1. The molecule has 2 rings (SSSR count). The predicted molar refractivity (Wildman–Crippen MR) is 77.8 cm³/mol. The first-order valence-electron chi connectivity index (χ1n) is 6.99. The molecule has 2 heterocycles. The molecule has 1 amide bonds. The number of hydrogen-bond donors (Lipinski definition) is 4. The second-order valence-electron chi connectivity index (χ2n) is 5.04. The first-order chi connectivity index (χ1) is 10.1. The monoisotopic (exact) mass is 295 g/mol. The van der Waals surface area contributed by atoms with E-state index >= 15 is 0 Å². The largest absolute Gasteiger partial charge is 0.396 e. The minimum atomic E-state index is -0.892. The molecule has 0 aromatic carbocycles. The van der Waals surface area contributed by atoms with Crippen molar-refractivity contribution in [3.05, 3.63) is 12.4 Å². The van der Waals surface area contributed by atoms with E-state index in [4.69, 9.17) is 10.8 Å². The van der Waals surface area contributed by atoms with Crippen LogP contribution in [0.2, 0.25) is 0 Å². The maximum atomic E-state index is 11.9. The van der Waals surface area contributed by atoms with Crippen LogP contribution in [0.3, 0.4) is 0 Å². The molecule has 1 aromatic heterocycles. The molecular weight excluding hydrogens is 274 g/mol. The third-order valence-electron chi connectivity index (χ3n) is 3.82. The first kappa shape index (κ1) is 15.5. The van der Waals surface area contributed by atoms with E-state index in [-0.39, 0.29) is 19.6 Å². The lowest BCUT2D eigenvalue weighted by Crippen LogP contribution is -2.55. The van der Waals surface area contributed by atoms with E-state index in [0.29, 0.717) is 31.1 Å². The van der Waals surface area contributed by atoms with Crippen LogP contribution in [0.4, 0.5) is 11.6 Å². The van der Waals surface area contributed by atoms with Crippen molar-refractivity contribution >= 4 is 17.5 Å². The normalized spacial score (nSPS) is 21.5. The summed E-state index contributed by atoms with van der Waals surface area (Å²) in [6.45, 7) is 0.923. The van der Waals surface area contributed by atoms with Crippen molar-refractivity contribution in [3.63, 3.8) is 0 Å². The fraction of sp³-hybridized carbons (Fsp3) is 0.615. The Morgan fingerprint density at radius 2 is 2.24 bits per heavy atom. The van der Waals surface area contributed by atoms with Crippen LogP contribution in [0.25, 0.3) is 0 Å². The molecule has 8 nitrogen and oxygen atoms in total. The molecule has 1 saturated heterocycles. The van der Waals surface area contributed by atoms with Gasteiger partial charge in [-0.15, -0.1) is 0 Å². The number of nitrogens with zero attached hydrogens (tertiary/aromatic N) is 3. The molecule has 8 heteroatoms. The molecule has 0 bridgehead atoms. The number of aliphatic hydroxyl groups excluding tert-OH is 2. The number of aromatic nitrogens is 2. The van der Waals surface area contributed by atoms with Gasteiger partial charge in [-0.05, 0) is 12.8 Å². The molecule has 5 N–H and O–H groups in total. The molecule has 1 unspecified atom stereocenters. The molecule has 1 aliphatic heterocycles. The second kappa shape index (κ2) is 6.68. The average molecular weight is 295 g/mol. The van der Waals surface area contributed by atoms with Gasteiger partial charge in [0.25, 0.3) is 0 Å². The topological polar surface area (TPSA) is 125 Å². The zero-order chi connectivity index (χ0) is 15.3. The highest BCUT2D eigenvalue weighted by Crippen LogP contribution is 2.36. The summed E-state index contributed by atoms with van der Waals surface area (Å²) in [6.07, 6.45) is 3.10. The minimum absolute atomic E-state index is 0.00120. The maximum Gasteiger partial charge on any atom is 0.243 e. The quantitative estimate of drug-likeness (QED) is 0.513. The lowest BCUT2D eigenvalue weighted by atomic mass is 9.91. The standard InChI is InChI=1S/C13H21N5O3/c14-12(21)13(3-6-19)2-1-5-18(13)11-8-10(15-4-7-20)16-9-17-11/h8-9,19-20H,1-7H2,(H2,14,21)(H,15,16,17). The van der Waals surface area contributed by atoms with Crippen LogP contribution in [0.5, 0.6) is 0 Å². The summed E-state index contributed by atoms with van der Waals surface area (Å²) in [7, 11) is 0. The van der Waals surface area contributed by atoms with Crippen molar-refractivity contribution in [1.29, 1.82) is 0 Å². The van der Waals surface area contributed by atoms with Gasteiger partial charge in [0.05, 0.1) is 6.61 Å². The van der Waals surface area contributed by atoms with Gasteiger partial charge in [0.15, 0.2) is 0 Å². The Morgan fingerprint density at radius 3 is 2.90 bits per heavy atom. The van der Waals surface area contributed by atoms with Crippen molar-refractivity contribution in [2.45, 2.75) is 24.8 Å². The van der Waals surface area contributed by atoms with Crippen LogP contribution >= 0.6 is 0 Å². The Labute approximate surface area is 123 Å². The van der Waals surface area contributed by atoms with Crippen molar-refractivity contribution in [1.82, 2.24) is 9.97 Å². The molecular formula is C13H21N5O3. The first-order valence-corrected chi connectivity index (χ1v) is 6.99. The Kier molecular flexibility index (Phi) is 4.92. The summed E-state index contributed by atoms with van der Waals surface area (Å²) in [4.78, 5) is 22.0. The van der Waals surface area contributed by atoms with E-state index in [1.807, 2.05) is 4.90 Å². The Hall–Kier alpha value is -1.93. The number of rotatable bonds is 7. The van der Waals surface area contributed by atoms with E-state index in [2.05, 4.69) is 15.3 Å². The summed E-state index contributed by atoms with van der Waals surface area (Å²) in [5.41, 5.74) is 4.69. The molecule has 0 radical (unpaired) electrons. The van der Waals surface area contributed by atoms with Gasteiger partial charge in [0.2, 0.25) is 5.91 Å². The number of amides is 1. The number of nitrogens with two attached hydrogens (primary N) is 1. The number of carbonyl (C=O) groups excluding carboxylic acids is 1. The van der Waals surface area contributed by atoms with E-state index in [1.54, 1.807) is 6.07 Å². The zero-order valence-corrected chi connectivity index (χ0v) is 11.8. The van der Waals surface area contributed by atoms with Gasteiger partial charge in [-0.1, -0.05) is 0 Å². The zero-order valence-electron chi connectivity index (χ0n) is 11.8. The molecule has 0 aliphatic carbocycles. The Balaban J connectivity index is 2.28. The summed E-state index contributed by atoms with van der Waals surface area (Å²) in [5, 5.41) is 21.1. The van der Waals surface area contributed by atoms with E-state index in [1.165, 1.54) is 6.33 Å². The molecule has 0 saturated carbocycles. The molecule has 1 atom stereocenters. The summed E-state index contributed by atoms with van der Waals surface area (Å²) < 4.78 is 0. The van der Waals surface area contributed by atoms with Gasteiger partial charge in [-0.3, -0.25) is 4.79 Å². The van der Waals surface area contributed by atoms with Crippen molar-refractivity contribution in [2.24, 2.45) is 5.73 Å². The molecule has 21 heavy (non-hydrogen) atoms. The van der Waals surface area contributed by atoms with Gasteiger partial charge in [-0.25, -0.2) is 9.97 Å². The van der Waals surface area contributed by atoms with Crippen LogP contribution in [0.1, 0.15) is 19.3 Å². The Morgan fingerprint density at radius 1 is 1.43 bits per heavy atom. The number of hydrogen-bond acceptors (Lipinski definition) is 7. The third kappa shape index (κ3) is 3.06. The summed E-state index contributed by atoms with van der Waals surface area (Å²) in [5.74, 6) is 0.719. The van der Waals surface area contributed by atoms with E-state index in [9.17, 15) is 9.90 Å². The fourth-order valence-corrected chi connectivity index (χ4v) is 2.81. The van der Waals surface area contributed by atoms with Crippen molar-refractivity contribution in [2.75, 3.05) is 36.5 Å². The molecule has 1 aliphatic rings. The van der Waals surface area contributed by atoms with E-state index < -0.39 is 11.4 Å². The number of anilines is 2. The lowest BCUT2D eigenvalue weighted by molar-refractivity contribution is -0.123. The van der Waals surface area contributed by atoms with Crippen molar-refractivity contribution in [3.8, 4) is 0 Å². The molecule has 1 aromatic rings. The van der Waals surface area contributed by atoms with Gasteiger partial charge in [-0.2, -0.15) is 0 Å². The maximum absolute atomic E-state index is 11.9. The van der Waals surface area contributed by atoms with E-state index in [0.717, 1.165) is 6.42 Å². The van der Waals surface area contributed by atoms with Gasteiger partial charge in [0.1, 0.15) is 23.5 Å². The lowest BCUT2D eigenvalue weighted by Gasteiger charge is -2.36. The molecule has 116 valence electrons. The number of carbonyl (C=O) groups is 1. The highest BCUT2D eigenvalue weighted by Gasteiger charge is 2.46. The van der Waals surface area contributed by atoms with Crippen LogP contribution < -0.4 is 16.0 Å². The number of primary amides is 1.